The van der Waals surface area contributed by atoms with Gasteiger partial charge in [0.25, 0.3) is 0 Å². The molecule has 0 amide bonds. The summed E-state index contributed by atoms with van der Waals surface area (Å²) in [7, 11) is 2.15. The number of nitrogens with one attached hydrogen (secondary N) is 2. The molecule has 5 rings (SSSR count). The maximum Gasteiger partial charge on any atom is 0.325 e. The van der Waals surface area contributed by atoms with Crippen LogP contribution < -0.4 is 15.0 Å². The Morgan fingerprint density at radius 1 is 1.09 bits per heavy atom. The quantitative estimate of drug-likeness (QED) is 0.382. The first-order valence-corrected chi connectivity index (χ1v) is 12.5. The number of likely N-dealkylation sites (N-methyl/N-ethyl adjacent to an activating group) is 1. The van der Waals surface area contributed by atoms with Gasteiger partial charge in [0, 0.05) is 65.5 Å². The highest BCUT2D eigenvalue weighted by Crippen LogP contribution is 2.33. The fourth-order valence-electron chi connectivity index (χ4n) is 4.12. The molecule has 0 bridgehead atoms. The number of hydrogen-bond donors (Lipinski definition) is 2. The second-order valence-corrected chi connectivity index (χ2v) is 10.3. The number of piperazine rings is 1. The zero-order valence-electron chi connectivity index (χ0n) is 20.3. The van der Waals surface area contributed by atoms with Crippen LogP contribution in [-0.2, 0) is 0 Å². The van der Waals surface area contributed by atoms with E-state index in [9.17, 15) is 0 Å². The first kappa shape index (κ1) is 22.6. The molecule has 0 atom stereocenters. The van der Waals surface area contributed by atoms with Gasteiger partial charge in [-0.2, -0.15) is 9.97 Å². The molecule has 0 spiro atoms. The number of thiazole rings is 1. The van der Waals surface area contributed by atoms with Crippen LogP contribution >= 0.6 is 11.3 Å². The summed E-state index contributed by atoms with van der Waals surface area (Å²) in [5.41, 5.74) is 3.28. The number of aromatic amines is 1. The second kappa shape index (κ2) is 9.23. The average Bonchev–Trinajstić information content (AvgIpc) is 3.43. The Balaban J connectivity index is 1.48. The summed E-state index contributed by atoms with van der Waals surface area (Å²) in [4.78, 5) is 23.2. The number of aromatic nitrogens is 4. The van der Waals surface area contributed by atoms with Crippen LogP contribution in [0.3, 0.4) is 0 Å². The van der Waals surface area contributed by atoms with Crippen molar-refractivity contribution in [2.24, 2.45) is 0 Å². The number of fused-ring (bicyclic) bond motifs is 1. The third-order valence-corrected chi connectivity index (χ3v) is 7.42. The van der Waals surface area contributed by atoms with Crippen molar-refractivity contribution in [3.8, 4) is 11.8 Å². The largest absolute Gasteiger partial charge is 0.424 e. The molecule has 3 aromatic heterocycles. The fraction of sp³-hybridized carbons (Fsp3) is 0.400. The number of benzene rings is 1. The maximum absolute atomic E-state index is 6.27. The lowest BCUT2D eigenvalue weighted by Gasteiger charge is -2.33. The Kier molecular flexibility index (Phi) is 6.14. The lowest BCUT2D eigenvalue weighted by atomic mass is 10.1. The predicted octanol–water partition coefficient (Wildman–Crippen LogP) is 5.44. The lowest BCUT2D eigenvalue weighted by molar-refractivity contribution is 0.311. The summed E-state index contributed by atoms with van der Waals surface area (Å²) in [6.07, 6.45) is 1.93. The van der Waals surface area contributed by atoms with Gasteiger partial charge >= 0.3 is 6.01 Å². The van der Waals surface area contributed by atoms with Gasteiger partial charge in [0.05, 0.1) is 0 Å². The van der Waals surface area contributed by atoms with Crippen molar-refractivity contribution in [3.63, 3.8) is 0 Å². The Hall–Kier alpha value is -3.17. The molecular weight excluding hydrogens is 446 g/mol. The van der Waals surface area contributed by atoms with Crippen LogP contribution in [0, 0.1) is 13.8 Å². The van der Waals surface area contributed by atoms with E-state index in [1.807, 2.05) is 24.4 Å². The van der Waals surface area contributed by atoms with E-state index < -0.39 is 0 Å². The number of hydrogen-bond acceptors (Lipinski definition) is 8. The van der Waals surface area contributed by atoms with Gasteiger partial charge in [0.15, 0.2) is 5.13 Å². The summed E-state index contributed by atoms with van der Waals surface area (Å²) in [5.74, 6) is 2.73. The van der Waals surface area contributed by atoms with Gasteiger partial charge in [-0.15, -0.1) is 11.3 Å². The van der Waals surface area contributed by atoms with Gasteiger partial charge in [-0.25, -0.2) is 4.98 Å². The van der Waals surface area contributed by atoms with Gasteiger partial charge < -0.3 is 24.8 Å². The molecule has 8 nitrogen and oxygen atoms in total. The predicted molar refractivity (Wildman–Crippen MR) is 139 cm³/mol. The van der Waals surface area contributed by atoms with Gasteiger partial charge in [0.2, 0.25) is 0 Å². The number of H-pyrrole nitrogens is 1. The van der Waals surface area contributed by atoms with Crippen molar-refractivity contribution >= 4 is 39.0 Å². The maximum atomic E-state index is 6.27. The minimum Gasteiger partial charge on any atom is -0.424 e. The SMILES string of the molecule is Cc1cc2c(C)c(Oc3nc(Nc4ncc(C(C)C)s4)cc(N4CCN(C)CC4)n3)ccc2[nH]1. The Morgan fingerprint density at radius 2 is 1.88 bits per heavy atom. The standard InChI is InChI=1S/C25H31N7OS/c1-15(2)21-14-26-25(34-21)29-22-13-23(32-10-8-31(5)9-11-32)30-24(28-22)33-20-7-6-19-18(17(20)4)12-16(3)27-19/h6-7,12-15,27H,8-11H2,1-5H3,(H,26,28,29,30). The lowest BCUT2D eigenvalue weighted by Crippen LogP contribution is -2.44. The second-order valence-electron chi connectivity index (χ2n) is 9.24. The Labute approximate surface area is 204 Å². The van der Waals surface area contributed by atoms with Gasteiger partial charge in [-0.1, -0.05) is 13.8 Å². The van der Waals surface area contributed by atoms with E-state index in [4.69, 9.17) is 14.7 Å². The van der Waals surface area contributed by atoms with Crippen LogP contribution in [0.1, 0.15) is 35.9 Å². The molecule has 0 radical (unpaired) electrons. The number of anilines is 3. The summed E-state index contributed by atoms with van der Waals surface area (Å²) < 4.78 is 6.27. The monoisotopic (exact) mass is 477 g/mol. The normalized spacial score (nSPS) is 14.8. The highest BCUT2D eigenvalue weighted by atomic mass is 32.1. The van der Waals surface area contributed by atoms with Crippen molar-refractivity contribution in [1.29, 1.82) is 0 Å². The Bertz CT molecular complexity index is 1300. The van der Waals surface area contributed by atoms with Crippen LogP contribution in [0.4, 0.5) is 16.8 Å². The molecule has 1 aromatic carbocycles. The van der Waals surface area contributed by atoms with E-state index in [1.54, 1.807) is 11.3 Å². The van der Waals surface area contributed by atoms with Crippen molar-refractivity contribution in [2.45, 2.75) is 33.6 Å². The fourth-order valence-corrected chi connectivity index (χ4v) is 4.94. The molecule has 0 unspecified atom stereocenters. The molecule has 0 aliphatic carbocycles. The molecule has 1 aliphatic rings. The molecule has 9 heteroatoms. The van der Waals surface area contributed by atoms with Crippen LogP contribution in [0.2, 0.25) is 0 Å². The third-order valence-electron chi connectivity index (χ3n) is 6.21. The summed E-state index contributed by atoms with van der Waals surface area (Å²) >= 11 is 1.65. The molecule has 34 heavy (non-hydrogen) atoms. The molecule has 178 valence electrons. The molecule has 1 fully saturated rings. The van der Waals surface area contributed by atoms with Gasteiger partial charge in [-0.3, -0.25) is 0 Å². The number of nitrogens with zero attached hydrogens (tertiary/aromatic N) is 5. The highest BCUT2D eigenvalue weighted by Gasteiger charge is 2.19. The molecule has 0 saturated carbocycles. The zero-order chi connectivity index (χ0) is 23.8. The molecule has 4 aromatic rings. The molecule has 1 aliphatic heterocycles. The van der Waals surface area contributed by atoms with Crippen LogP contribution in [-0.4, -0.2) is 58.1 Å². The molecule has 4 heterocycles. The average molecular weight is 478 g/mol. The van der Waals surface area contributed by atoms with Crippen molar-refractivity contribution < 1.29 is 4.74 Å². The van der Waals surface area contributed by atoms with E-state index in [1.165, 1.54) is 4.88 Å². The van der Waals surface area contributed by atoms with E-state index in [0.717, 1.165) is 65.0 Å². The summed E-state index contributed by atoms with van der Waals surface area (Å²) in [6.45, 7) is 12.3. The van der Waals surface area contributed by atoms with Crippen LogP contribution in [0.5, 0.6) is 11.8 Å². The molecule has 2 N–H and O–H groups in total. The number of aryl methyl sites for hydroxylation is 2. The number of ether oxygens (including phenoxy) is 1. The number of rotatable bonds is 6. The molecule has 1 saturated heterocycles. The van der Waals surface area contributed by atoms with E-state index in [-0.39, 0.29) is 0 Å². The summed E-state index contributed by atoms with van der Waals surface area (Å²) in [6, 6.07) is 8.47. The van der Waals surface area contributed by atoms with Crippen LogP contribution in [0.15, 0.2) is 30.5 Å². The third kappa shape index (κ3) is 4.71. The van der Waals surface area contributed by atoms with Crippen molar-refractivity contribution in [3.05, 3.63) is 46.6 Å². The topological polar surface area (TPSA) is 82.2 Å². The minimum absolute atomic E-state index is 0.328. The Morgan fingerprint density at radius 3 is 2.62 bits per heavy atom. The van der Waals surface area contributed by atoms with Crippen LogP contribution in [0.25, 0.3) is 10.9 Å². The molecular formula is C25H31N7OS. The van der Waals surface area contributed by atoms with Gasteiger partial charge in [0.1, 0.15) is 17.4 Å². The van der Waals surface area contributed by atoms with E-state index >= 15 is 0 Å². The van der Waals surface area contributed by atoms with Crippen molar-refractivity contribution in [2.75, 3.05) is 43.4 Å². The minimum atomic E-state index is 0.328. The van der Waals surface area contributed by atoms with Gasteiger partial charge in [-0.05, 0) is 45.0 Å². The van der Waals surface area contributed by atoms with E-state index in [2.05, 4.69) is 65.9 Å². The summed E-state index contributed by atoms with van der Waals surface area (Å²) in [5, 5.41) is 5.34. The van der Waals surface area contributed by atoms with Crippen molar-refractivity contribution in [1.82, 2.24) is 24.8 Å². The zero-order valence-corrected chi connectivity index (χ0v) is 21.2. The smallest absolute Gasteiger partial charge is 0.325 e. The highest BCUT2D eigenvalue weighted by molar-refractivity contribution is 7.15. The first-order chi connectivity index (χ1) is 16.4. The first-order valence-electron chi connectivity index (χ1n) is 11.7. The van der Waals surface area contributed by atoms with E-state index in [0.29, 0.717) is 17.7 Å².